The number of amides is 1. The molecule has 1 fully saturated rings. The summed E-state index contributed by atoms with van der Waals surface area (Å²) in [5.74, 6) is -0.594. The van der Waals surface area contributed by atoms with Crippen molar-refractivity contribution in [2.75, 3.05) is 13.1 Å². The van der Waals surface area contributed by atoms with Crippen LogP contribution in [0, 0.1) is 0 Å². The Bertz CT molecular complexity index is 204. The second-order valence-electron chi connectivity index (χ2n) is 3.12. The molecule has 76 valence electrons. The molecular formula is C7H11F3N2O. The molecule has 1 aliphatic heterocycles. The molecule has 0 saturated carbocycles. The molecule has 1 rings (SSSR count). The van der Waals surface area contributed by atoms with Crippen molar-refractivity contribution in [3.8, 4) is 0 Å². The van der Waals surface area contributed by atoms with Crippen LogP contribution in [0.5, 0.6) is 0 Å². The number of likely N-dealkylation sites (tertiary alicyclic amines) is 1. The maximum atomic E-state index is 11.9. The smallest absolute Gasteiger partial charge is 0.332 e. The van der Waals surface area contributed by atoms with Crippen molar-refractivity contribution in [3.63, 3.8) is 0 Å². The zero-order valence-electron chi connectivity index (χ0n) is 6.97. The first-order valence-electron chi connectivity index (χ1n) is 4.01. The molecule has 0 aliphatic carbocycles. The van der Waals surface area contributed by atoms with E-state index in [1.165, 1.54) is 0 Å². The zero-order valence-corrected chi connectivity index (χ0v) is 6.97. The van der Waals surface area contributed by atoms with Crippen LogP contribution in [0.4, 0.5) is 13.2 Å². The van der Waals surface area contributed by atoms with E-state index in [0.29, 0.717) is 12.8 Å². The Kier molecular flexibility index (Phi) is 2.80. The number of carbonyl (C=O) groups is 1. The fraction of sp³-hybridized carbons (Fsp3) is 0.857. The van der Waals surface area contributed by atoms with Gasteiger partial charge in [0.2, 0.25) is 5.91 Å². The number of hydrogen-bond donors (Lipinski definition) is 1. The van der Waals surface area contributed by atoms with Crippen LogP contribution in [0.3, 0.4) is 0 Å². The van der Waals surface area contributed by atoms with Crippen molar-refractivity contribution in [2.24, 2.45) is 5.73 Å². The number of hydrogen-bond acceptors (Lipinski definition) is 2. The van der Waals surface area contributed by atoms with Crippen molar-refractivity contribution in [2.45, 2.75) is 25.1 Å². The number of nitrogens with zero attached hydrogens (tertiary/aromatic N) is 1. The summed E-state index contributed by atoms with van der Waals surface area (Å²) >= 11 is 0. The molecule has 1 amide bonds. The van der Waals surface area contributed by atoms with Crippen LogP contribution < -0.4 is 5.73 Å². The van der Waals surface area contributed by atoms with Crippen LogP contribution in [0.25, 0.3) is 0 Å². The van der Waals surface area contributed by atoms with Gasteiger partial charge in [0, 0.05) is 6.54 Å². The van der Waals surface area contributed by atoms with E-state index in [-0.39, 0.29) is 6.54 Å². The van der Waals surface area contributed by atoms with Gasteiger partial charge in [-0.3, -0.25) is 4.79 Å². The van der Waals surface area contributed by atoms with E-state index in [1.807, 2.05) is 0 Å². The van der Waals surface area contributed by atoms with Gasteiger partial charge in [0.1, 0.15) is 6.54 Å². The third kappa shape index (κ3) is 2.87. The van der Waals surface area contributed by atoms with E-state index < -0.39 is 24.7 Å². The maximum Gasteiger partial charge on any atom is 0.406 e. The maximum absolute atomic E-state index is 11.9. The highest BCUT2D eigenvalue weighted by atomic mass is 19.4. The van der Waals surface area contributed by atoms with Gasteiger partial charge in [-0.25, -0.2) is 0 Å². The molecule has 2 N–H and O–H groups in total. The molecule has 0 aromatic heterocycles. The number of rotatable bonds is 1. The van der Waals surface area contributed by atoms with Gasteiger partial charge in [0.25, 0.3) is 0 Å². The van der Waals surface area contributed by atoms with Crippen LogP contribution in [0.1, 0.15) is 12.8 Å². The molecule has 1 aliphatic rings. The van der Waals surface area contributed by atoms with Gasteiger partial charge in [-0.05, 0) is 12.8 Å². The Morgan fingerprint density at radius 3 is 2.69 bits per heavy atom. The molecule has 1 atom stereocenters. The molecule has 0 unspecified atom stereocenters. The predicted octanol–water partition coefficient (Wildman–Crippen LogP) is 0.498. The monoisotopic (exact) mass is 196 g/mol. The Labute approximate surface area is 73.7 Å². The summed E-state index contributed by atoms with van der Waals surface area (Å²) in [6.45, 7) is -1.02. The summed E-state index contributed by atoms with van der Waals surface area (Å²) in [6.07, 6.45) is -3.30. The molecule has 0 bridgehead atoms. The van der Waals surface area contributed by atoms with E-state index in [0.717, 1.165) is 4.90 Å². The van der Waals surface area contributed by atoms with E-state index in [9.17, 15) is 18.0 Å². The summed E-state index contributed by atoms with van der Waals surface area (Å²) in [5, 5.41) is 0. The quantitative estimate of drug-likeness (QED) is 0.663. The zero-order chi connectivity index (χ0) is 10.1. The highest BCUT2D eigenvalue weighted by Crippen LogP contribution is 2.19. The molecule has 1 saturated heterocycles. The summed E-state index contributed by atoms with van der Waals surface area (Å²) in [6, 6.07) is -0.754. The molecule has 13 heavy (non-hydrogen) atoms. The van der Waals surface area contributed by atoms with Crippen molar-refractivity contribution >= 4 is 5.91 Å². The van der Waals surface area contributed by atoms with Gasteiger partial charge in [-0.2, -0.15) is 13.2 Å². The largest absolute Gasteiger partial charge is 0.406 e. The minimum absolute atomic E-state index is 0.159. The Morgan fingerprint density at radius 1 is 1.54 bits per heavy atom. The van der Waals surface area contributed by atoms with Crippen molar-refractivity contribution < 1.29 is 18.0 Å². The standard InChI is InChI=1S/C7H11F3N2O/c8-7(9,10)4-12-3-1-2-5(11)6(12)13/h5H,1-4,11H2/t5-/m0/s1. The average molecular weight is 196 g/mol. The second kappa shape index (κ2) is 3.53. The molecule has 3 nitrogen and oxygen atoms in total. The van der Waals surface area contributed by atoms with Crippen LogP contribution in [-0.4, -0.2) is 36.1 Å². The lowest BCUT2D eigenvalue weighted by Gasteiger charge is -2.30. The van der Waals surface area contributed by atoms with Gasteiger partial charge in [-0.15, -0.1) is 0 Å². The lowest BCUT2D eigenvalue weighted by Crippen LogP contribution is -2.51. The molecule has 0 spiro atoms. The number of halogens is 3. The van der Waals surface area contributed by atoms with Gasteiger partial charge in [0.05, 0.1) is 6.04 Å². The summed E-state index contributed by atoms with van der Waals surface area (Å²) in [4.78, 5) is 11.9. The summed E-state index contributed by atoms with van der Waals surface area (Å²) in [7, 11) is 0. The minimum atomic E-state index is -4.33. The van der Waals surface area contributed by atoms with Crippen LogP contribution in [0.15, 0.2) is 0 Å². The van der Waals surface area contributed by atoms with E-state index >= 15 is 0 Å². The average Bonchev–Trinajstić information content (AvgIpc) is 1.96. The SMILES string of the molecule is N[C@H]1CCCN(CC(F)(F)F)C1=O. The first-order valence-corrected chi connectivity index (χ1v) is 4.01. The van der Waals surface area contributed by atoms with E-state index in [4.69, 9.17) is 5.73 Å². The first-order chi connectivity index (χ1) is 5.90. The lowest BCUT2D eigenvalue weighted by atomic mass is 10.1. The van der Waals surface area contributed by atoms with Crippen molar-refractivity contribution in [1.82, 2.24) is 4.90 Å². The lowest BCUT2D eigenvalue weighted by molar-refractivity contribution is -0.164. The topological polar surface area (TPSA) is 46.3 Å². The Morgan fingerprint density at radius 2 is 2.15 bits per heavy atom. The Hall–Kier alpha value is -0.780. The second-order valence-corrected chi connectivity index (χ2v) is 3.12. The number of alkyl halides is 3. The number of piperidine rings is 1. The minimum Gasteiger partial charge on any atom is -0.332 e. The molecule has 6 heteroatoms. The van der Waals surface area contributed by atoms with Gasteiger partial charge in [0.15, 0.2) is 0 Å². The van der Waals surface area contributed by atoms with Crippen LogP contribution in [-0.2, 0) is 4.79 Å². The van der Waals surface area contributed by atoms with Gasteiger partial charge >= 0.3 is 6.18 Å². The summed E-state index contributed by atoms with van der Waals surface area (Å²) < 4.78 is 35.7. The van der Waals surface area contributed by atoms with Gasteiger partial charge < -0.3 is 10.6 Å². The predicted molar refractivity (Wildman–Crippen MR) is 39.8 cm³/mol. The van der Waals surface area contributed by atoms with E-state index in [1.54, 1.807) is 0 Å². The first kappa shape index (κ1) is 10.3. The van der Waals surface area contributed by atoms with Crippen LogP contribution in [0.2, 0.25) is 0 Å². The molecule has 0 aromatic rings. The third-order valence-electron chi connectivity index (χ3n) is 1.94. The third-order valence-corrected chi connectivity index (χ3v) is 1.94. The number of carbonyl (C=O) groups excluding carboxylic acids is 1. The summed E-state index contributed by atoms with van der Waals surface area (Å²) in [5.41, 5.74) is 5.33. The van der Waals surface area contributed by atoms with Gasteiger partial charge in [-0.1, -0.05) is 0 Å². The molecule has 0 aromatic carbocycles. The fourth-order valence-corrected chi connectivity index (χ4v) is 1.34. The van der Waals surface area contributed by atoms with Crippen LogP contribution >= 0.6 is 0 Å². The normalized spacial score (nSPS) is 25.1. The molecule has 0 radical (unpaired) electrons. The highest BCUT2D eigenvalue weighted by Gasteiger charge is 2.35. The number of nitrogens with two attached hydrogens (primary N) is 1. The molecular weight excluding hydrogens is 185 g/mol. The fourth-order valence-electron chi connectivity index (χ4n) is 1.34. The van der Waals surface area contributed by atoms with Crippen molar-refractivity contribution in [1.29, 1.82) is 0 Å². The highest BCUT2D eigenvalue weighted by molar-refractivity contribution is 5.82. The van der Waals surface area contributed by atoms with Crippen molar-refractivity contribution in [3.05, 3.63) is 0 Å². The molecule has 1 heterocycles. The van der Waals surface area contributed by atoms with E-state index in [2.05, 4.69) is 0 Å². The Balaban J connectivity index is 2.54.